The van der Waals surface area contributed by atoms with Gasteiger partial charge in [0.15, 0.2) is 0 Å². The maximum atomic E-state index is 13.0. The molecule has 0 aliphatic heterocycles. The zero-order valence-corrected chi connectivity index (χ0v) is 11.9. The molecule has 0 aliphatic carbocycles. The molecule has 0 fully saturated rings. The molecule has 2 nitrogen and oxygen atoms in total. The fourth-order valence-electron chi connectivity index (χ4n) is 2.45. The maximum Gasteiger partial charge on any atom is 0.123 e. The lowest BCUT2D eigenvalue weighted by atomic mass is 9.76. The van der Waals surface area contributed by atoms with Gasteiger partial charge in [-0.3, -0.25) is 11.3 Å². The highest BCUT2D eigenvalue weighted by molar-refractivity contribution is 5.27. The Labute approximate surface area is 119 Å². The van der Waals surface area contributed by atoms with Crippen LogP contribution in [0.2, 0.25) is 0 Å². The Morgan fingerprint density at radius 3 is 2.20 bits per heavy atom. The van der Waals surface area contributed by atoms with E-state index in [0.29, 0.717) is 0 Å². The van der Waals surface area contributed by atoms with Crippen molar-refractivity contribution in [2.75, 3.05) is 0 Å². The van der Waals surface area contributed by atoms with E-state index in [-0.39, 0.29) is 17.3 Å². The molecule has 0 aromatic heterocycles. The van der Waals surface area contributed by atoms with E-state index >= 15 is 0 Å². The summed E-state index contributed by atoms with van der Waals surface area (Å²) in [5.74, 6) is 5.54. The molecule has 3 N–H and O–H groups in total. The Morgan fingerprint density at radius 2 is 1.65 bits per heavy atom. The number of nitrogens with one attached hydrogen (secondary N) is 1. The molecule has 0 heterocycles. The van der Waals surface area contributed by atoms with Gasteiger partial charge in [0, 0.05) is 11.5 Å². The lowest BCUT2D eigenvalue weighted by Gasteiger charge is -2.34. The summed E-state index contributed by atoms with van der Waals surface area (Å²) in [6.07, 6.45) is 0.749. The first kappa shape index (κ1) is 14.7. The van der Waals surface area contributed by atoms with Crippen LogP contribution in [0.3, 0.4) is 0 Å². The van der Waals surface area contributed by atoms with Crippen molar-refractivity contribution in [1.82, 2.24) is 5.43 Å². The summed E-state index contributed by atoms with van der Waals surface area (Å²) >= 11 is 0. The van der Waals surface area contributed by atoms with E-state index in [4.69, 9.17) is 5.84 Å². The molecule has 0 bridgehead atoms. The van der Waals surface area contributed by atoms with Crippen molar-refractivity contribution < 1.29 is 4.39 Å². The summed E-state index contributed by atoms with van der Waals surface area (Å²) in [4.78, 5) is 0. The monoisotopic (exact) mass is 272 g/mol. The Balaban J connectivity index is 2.21. The topological polar surface area (TPSA) is 38.0 Å². The normalized spacial score (nSPS) is 13.2. The Morgan fingerprint density at radius 1 is 1.05 bits per heavy atom. The zero-order valence-electron chi connectivity index (χ0n) is 11.9. The van der Waals surface area contributed by atoms with Gasteiger partial charge in [0.2, 0.25) is 0 Å². The number of halogens is 1. The molecule has 0 amide bonds. The summed E-state index contributed by atoms with van der Waals surface area (Å²) in [6.45, 7) is 4.33. The van der Waals surface area contributed by atoms with Gasteiger partial charge < -0.3 is 0 Å². The third-order valence-electron chi connectivity index (χ3n) is 3.94. The minimum atomic E-state index is -0.215. The molecule has 0 aliphatic rings. The van der Waals surface area contributed by atoms with E-state index < -0.39 is 0 Å². The number of hydrogen-bond donors (Lipinski definition) is 2. The number of nitrogens with two attached hydrogens (primary N) is 1. The van der Waals surface area contributed by atoms with Gasteiger partial charge in [-0.05, 0) is 29.7 Å². The van der Waals surface area contributed by atoms with Gasteiger partial charge in [0.05, 0.1) is 0 Å². The summed E-state index contributed by atoms with van der Waals surface area (Å²) in [5.41, 5.74) is 5.08. The van der Waals surface area contributed by atoms with Crippen LogP contribution < -0.4 is 11.3 Å². The molecule has 0 spiro atoms. The second-order valence-electron chi connectivity index (χ2n) is 5.64. The summed E-state index contributed by atoms with van der Waals surface area (Å²) in [7, 11) is 0. The third-order valence-corrected chi connectivity index (χ3v) is 3.94. The van der Waals surface area contributed by atoms with Gasteiger partial charge in [-0.1, -0.05) is 56.3 Å². The van der Waals surface area contributed by atoms with Gasteiger partial charge in [-0.15, -0.1) is 0 Å². The number of hydrazine groups is 1. The largest absolute Gasteiger partial charge is 0.271 e. The third kappa shape index (κ3) is 3.24. The first-order valence-corrected chi connectivity index (χ1v) is 6.80. The SMILES string of the molecule is CC(C)(c1ccccc1)C(Cc1ccc(F)cc1)NN. The van der Waals surface area contributed by atoms with Crippen molar-refractivity contribution in [3.8, 4) is 0 Å². The van der Waals surface area contributed by atoms with E-state index in [1.165, 1.54) is 17.7 Å². The first-order valence-electron chi connectivity index (χ1n) is 6.80. The van der Waals surface area contributed by atoms with Crippen molar-refractivity contribution in [1.29, 1.82) is 0 Å². The molecule has 0 saturated carbocycles. The van der Waals surface area contributed by atoms with Gasteiger partial charge in [0.25, 0.3) is 0 Å². The van der Waals surface area contributed by atoms with Gasteiger partial charge in [0.1, 0.15) is 5.82 Å². The highest BCUT2D eigenvalue weighted by Gasteiger charge is 2.30. The molecule has 3 heteroatoms. The molecule has 0 radical (unpaired) electrons. The molecule has 20 heavy (non-hydrogen) atoms. The minimum absolute atomic E-state index is 0.0651. The van der Waals surface area contributed by atoms with Crippen LogP contribution >= 0.6 is 0 Å². The van der Waals surface area contributed by atoms with Crippen molar-refractivity contribution in [2.45, 2.75) is 31.7 Å². The average Bonchev–Trinajstić information content (AvgIpc) is 2.47. The van der Waals surface area contributed by atoms with E-state index in [0.717, 1.165) is 12.0 Å². The standard InChI is InChI=1S/C17H21FN2/c1-17(2,14-6-4-3-5-7-14)16(20-19)12-13-8-10-15(18)11-9-13/h3-11,16,20H,12,19H2,1-2H3. The Kier molecular flexibility index (Phi) is 4.53. The van der Waals surface area contributed by atoms with Crippen LogP contribution in [0, 0.1) is 5.82 Å². The molecule has 2 aromatic rings. The van der Waals surface area contributed by atoms with Crippen LogP contribution in [-0.4, -0.2) is 6.04 Å². The van der Waals surface area contributed by atoms with Crippen LogP contribution in [-0.2, 0) is 11.8 Å². The summed E-state index contributed by atoms with van der Waals surface area (Å²) in [6, 6.07) is 16.9. The maximum absolute atomic E-state index is 13.0. The highest BCUT2D eigenvalue weighted by atomic mass is 19.1. The van der Waals surface area contributed by atoms with Gasteiger partial charge in [-0.2, -0.15) is 0 Å². The quantitative estimate of drug-likeness (QED) is 0.648. The Bertz CT molecular complexity index is 535. The fourth-order valence-corrected chi connectivity index (χ4v) is 2.45. The number of benzene rings is 2. The fraction of sp³-hybridized carbons (Fsp3) is 0.294. The number of rotatable bonds is 5. The highest BCUT2D eigenvalue weighted by Crippen LogP contribution is 2.28. The first-order chi connectivity index (χ1) is 9.54. The van der Waals surface area contributed by atoms with Crippen molar-refractivity contribution in [3.63, 3.8) is 0 Å². The predicted molar refractivity (Wildman–Crippen MR) is 80.7 cm³/mol. The van der Waals surface area contributed by atoms with Crippen LogP contribution in [0.25, 0.3) is 0 Å². The van der Waals surface area contributed by atoms with E-state index in [1.54, 1.807) is 12.1 Å². The Hall–Kier alpha value is -1.71. The lowest BCUT2D eigenvalue weighted by molar-refractivity contribution is 0.341. The number of hydrogen-bond acceptors (Lipinski definition) is 2. The lowest BCUT2D eigenvalue weighted by Crippen LogP contribution is -2.49. The van der Waals surface area contributed by atoms with E-state index in [2.05, 4.69) is 31.4 Å². The van der Waals surface area contributed by atoms with Gasteiger partial charge >= 0.3 is 0 Å². The van der Waals surface area contributed by atoms with Crippen molar-refractivity contribution >= 4 is 0 Å². The van der Waals surface area contributed by atoms with E-state index in [9.17, 15) is 4.39 Å². The summed E-state index contributed by atoms with van der Waals surface area (Å²) < 4.78 is 13.0. The molecule has 0 saturated heterocycles. The molecule has 2 rings (SSSR count). The minimum Gasteiger partial charge on any atom is -0.271 e. The second-order valence-corrected chi connectivity index (χ2v) is 5.64. The smallest absolute Gasteiger partial charge is 0.123 e. The zero-order chi connectivity index (χ0) is 14.6. The van der Waals surface area contributed by atoms with Crippen LogP contribution in [0.4, 0.5) is 4.39 Å². The molecule has 106 valence electrons. The molecule has 1 unspecified atom stereocenters. The van der Waals surface area contributed by atoms with Crippen molar-refractivity contribution in [3.05, 3.63) is 71.5 Å². The second kappa shape index (κ2) is 6.16. The van der Waals surface area contributed by atoms with E-state index in [1.807, 2.05) is 18.2 Å². The van der Waals surface area contributed by atoms with Crippen LogP contribution in [0.1, 0.15) is 25.0 Å². The molecule has 2 aromatic carbocycles. The molecular weight excluding hydrogens is 251 g/mol. The summed E-state index contributed by atoms with van der Waals surface area (Å²) in [5, 5.41) is 0. The molecule has 1 atom stereocenters. The average molecular weight is 272 g/mol. The van der Waals surface area contributed by atoms with Gasteiger partial charge in [-0.25, -0.2) is 4.39 Å². The predicted octanol–water partition coefficient (Wildman–Crippen LogP) is 3.18. The molecular formula is C17H21FN2. The van der Waals surface area contributed by atoms with Crippen LogP contribution in [0.15, 0.2) is 54.6 Å². The van der Waals surface area contributed by atoms with Crippen molar-refractivity contribution in [2.24, 2.45) is 5.84 Å². The van der Waals surface area contributed by atoms with Crippen LogP contribution in [0.5, 0.6) is 0 Å².